The Morgan fingerprint density at radius 1 is 1.75 bits per heavy atom. The smallest absolute Gasteiger partial charge is 0.00928 e. The summed E-state index contributed by atoms with van der Waals surface area (Å²) >= 11 is 0. The number of rotatable bonds is 0. The Labute approximate surface area is 25.4 Å². The predicted molar refractivity (Wildman–Crippen MR) is 15.9 cm³/mol. The fourth-order valence-corrected chi connectivity index (χ4v) is 0.102. The van der Waals surface area contributed by atoms with Gasteiger partial charge in [0.05, 0.1) is 0 Å². The second-order valence-corrected chi connectivity index (χ2v) is 0.729. The third kappa shape index (κ3) is 0.0332. The average Bonchev–Trinajstić information content (AvgIpc) is 0.722. The zero-order chi connectivity index (χ0) is 2.83. The second kappa shape index (κ2) is 0.470. The van der Waals surface area contributed by atoms with Gasteiger partial charge in [-0.2, -0.15) is 0 Å². The van der Waals surface area contributed by atoms with Crippen LogP contribution in [0.25, 0.3) is 0 Å². The summed E-state index contributed by atoms with van der Waals surface area (Å²) < 4.78 is 0. The van der Waals surface area contributed by atoms with Crippen LogP contribution in [0.3, 0.4) is 0 Å². The first-order valence-electron chi connectivity index (χ1n) is 1.30. The van der Waals surface area contributed by atoms with Crippen molar-refractivity contribution < 1.29 is 0 Å². The molecule has 0 saturated heterocycles. The van der Waals surface area contributed by atoms with Gasteiger partial charge in [0, 0.05) is 12.5 Å². The quantitative estimate of drug-likeness (QED) is 0.358. The fourth-order valence-electron chi connectivity index (χ4n) is 0.102. The number of hydrogen-bond donors (Lipinski definition) is 0. The lowest BCUT2D eigenvalue weighted by Crippen LogP contribution is -1.60. The zero-order valence-electron chi connectivity index (χ0n) is 2.28. The van der Waals surface area contributed by atoms with Gasteiger partial charge in [-0.1, -0.05) is 0 Å². The molecular formula is C4H3. The third-order valence-corrected chi connectivity index (χ3v) is 0.408. The Hall–Kier alpha value is -0.480. The molecule has 1 radical (unpaired) electrons. The summed E-state index contributed by atoms with van der Waals surface area (Å²) in [4.78, 5) is 0. The van der Waals surface area contributed by atoms with Crippen molar-refractivity contribution in [3.05, 3.63) is 17.9 Å². The van der Waals surface area contributed by atoms with Crippen molar-refractivity contribution in [1.29, 1.82) is 0 Å². The zero-order valence-corrected chi connectivity index (χ0v) is 2.28. The molecule has 0 atom stereocenters. The van der Waals surface area contributed by atoms with Gasteiger partial charge in [-0.05, 0) is 6.08 Å². The summed E-state index contributed by atoms with van der Waals surface area (Å²) in [6.45, 7) is 0. The van der Waals surface area contributed by atoms with Gasteiger partial charge in [-0.3, -0.25) is 0 Å². The van der Waals surface area contributed by atoms with E-state index in [9.17, 15) is 0 Å². The summed E-state index contributed by atoms with van der Waals surface area (Å²) in [6, 6.07) is 0. The molecule has 0 aromatic rings. The topological polar surface area (TPSA) is 0 Å². The highest BCUT2D eigenvalue weighted by Crippen LogP contribution is 1.87. The Balaban J connectivity index is 2.95. The summed E-state index contributed by atoms with van der Waals surface area (Å²) in [5, 5.41) is 0. The van der Waals surface area contributed by atoms with Crippen LogP contribution < -0.4 is 0 Å². The van der Waals surface area contributed by atoms with E-state index in [-0.39, 0.29) is 0 Å². The molecule has 0 heteroatoms. The molecule has 0 spiro atoms. The maximum absolute atomic E-state index is 2.81. The highest BCUT2D eigenvalue weighted by molar-refractivity contribution is 4.93. The lowest BCUT2D eigenvalue weighted by molar-refractivity contribution is 1.28. The molecule has 19 valence electrons. The van der Waals surface area contributed by atoms with Crippen molar-refractivity contribution in [3.63, 3.8) is 0 Å². The van der Waals surface area contributed by atoms with Crippen molar-refractivity contribution in [1.82, 2.24) is 0 Å². The van der Waals surface area contributed by atoms with E-state index in [2.05, 4.69) is 11.8 Å². The molecule has 0 unspecified atom stereocenters. The minimum Gasteiger partial charge on any atom is -0.120 e. The van der Waals surface area contributed by atoms with Crippen LogP contribution >= 0.6 is 0 Å². The maximum atomic E-state index is 2.81. The van der Waals surface area contributed by atoms with Crippen molar-refractivity contribution >= 4 is 0 Å². The molecule has 0 fully saturated rings. The summed E-state index contributed by atoms with van der Waals surface area (Å²) in [7, 11) is 0. The molecule has 0 saturated carbocycles. The van der Waals surface area contributed by atoms with E-state index >= 15 is 0 Å². The predicted octanol–water partition coefficient (Wildman–Crippen LogP) is 0.905. The SMILES string of the molecule is [C]1=C=CC1. The summed E-state index contributed by atoms with van der Waals surface area (Å²) in [5.74, 6) is 0. The van der Waals surface area contributed by atoms with Crippen LogP contribution in [-0.4, -0.2) is 0 Å². The van der Waals surface area contributed by atoms with Crippen LogP contribution in [0.5, 0.6) is 0 Å². The van der Waals surface area contributed by atoms with E-state index in [1.165, 1.54) is 0 Å². The molecule has 0 bridgehead atoms. The molecule has 1 aliphatic carbocycles. The fraction of sp³-hybridized carbons (Fsp3) is 0.250. The van der Waals surface area contributed by atoms with Crippen LogP contribution in [0, 0.1) is 6.08 Å². The molecule has 0 heterocycles. The first-order chi connectivity index (χ1) is 2.00. The first-order valence-corrected chi connectivity index (χ1v) is 1.30. The molecule has 0 N–H and O–H groups in total. The van der Waals surface area contributed by atoms with E-state index < -0.39 is 0 Å². The van der Waals surface area contributed by atoms with Crippen molar-refractivity contribution in [2.45, 2.75) is 6.42 Å². The molecular weight excluding hydrogens is 48.0 g/mol. The highest BCUT2D eigenvalue weighted by atomic mass is 13.7. The minimum absolute atomic E-state index is 1.01. The van der Waals surface area contributed by atoms with Crippen molar-refractivity contribution in [2.24, 2.45) is 0 Å². The van der Waals surface area contributed by atoms with Gasteiger partial charge >= 0.3 is 0 Å². The van der Waals surface area contributed by atoms with Crippen molar-refractivity contribution in [3.8, 4) is 0 Å². The molecule has 1 rings (SSSR count). The highest BCUT2D eigenvalue weighted by Gasteiger charge is 1.71. The Bertz CT molecular complexity index is 58.1. The second-order valence-electron chi connectivity index (χ2n) is 0.729. The van der Waals surface area contributed by atoms with Gasteiger partial charge in [0.25, 0.3) is 0 Å². The van der Waals surface area contributed by atoms with Gasteiger partial charge in [0.1, 0.15) is 0 Å². The third-order valence-electron chi connectivity index (χ3n) is 0.408. The monoisotopic (exact) mass is 51.0 g/mol. The molecule has 0 aromatic carbocycles. The minimum atomic E-state index is 1.01. The van der Waals surface area contributed by atoms with Gasteiger partial charge in [0.15, 0.2) is 0 Å². The summed E-state index contributed by atoms with van der Waals surface area (Å²) in [6.07, 6.45) is 5.76. The van der Waals surface area contributed by atoms with E-state index in [0.29, 0.717) is 0 Å². The van der Waals surface area contributed by atoms with Crippen LogP contribution in [0.1, 0.15) is 6.42 Å². The van der Waals surface area contributed by atoms with E-state index in [4.69, 9.17) is 0 Å². The Morgan fingerprint density at radius 2 is 2.00 bits per heavy atom. The van der Waals surface area contributed by atoms with E-state index in [0.717, 1.165) is 6.42 Å². The number of hydrogen-bond acceptors (Lipinski definition) is 0. The molecule has 0 amide bonds. The van der Waals surface area contributed by atoms with Crippen LogP contribution in [0.15, 0.2) is 11.8 Å². The standard InChI is InChI=1S/C4H3/c1-2-4-3-1/h1H,2H2. The van der Waals surface area contributed by atoms with Gasteiger partial charge in [0.2, 0.25) is 0 Å². The van der Waals surface area contributed by atoms with E-state index in [1.54, 1.807) is 0 Å². The Morgan fingerprint density at radius 3 is 2.00 bits per heavy atom. The normalized spacial score (nSPS) is 16.0. The molecule has 4 heavy (non-hydrogen) atoms. The lowest BCUT2D eigenvalue weighted by Gasteiger charge is -1.76. The summed E-state index contributed by atoms with van der Waals surface area (Å²) in [5.41, 5.74) is 2.74. The lowest BCUT2D eigenvalue weighted by atomic mass is 10.3. The maximum Gasteiger partial charge on any atom is 0.00928 e. The van der Waals surface area contributed by atoms with Gasteiger partial charge in [-0.15, -0.1) is 5.73 Å². The molecule has 0 nitrogen and oxygen atoms in total. The van der Waals surface area contributed by atoms with Crippen molar-refractivity contribution in [2.75, 3.05) is 0 Å². The largest absolute Gasteiger partial charge is 0.120 e. The molecule has 1 aliphatic rings. The van der Waals surface area contributed by atoms with Gasteiger partial charge < -0.3 is 0 Å². The number of allylic oxidation sites excluding steroid dienone is 1. The average molecular weight is 51.1 g/mol. The van der Waals surface area contributed by atoms with Crippen LogP contribution in [0.4, 0.5) is 0 Å². The molecule has 0 aromatic heterocycles. The van der Waals surface area contributed by atoms with E-state index in [1.807, 2.05) is 6.08 Å². The first kappa shape index (κ1) is 1.80. The molecule has 0 aliphatic heterocycles. The van der Waals surface area contributed by atoms with Gasteiger partial charge in [-0.25, -0.2) is 0 Å². The Kier molecular flexibility index (Phi) is 0.212. The van der Waals surface area contributed by atoms with Crippen LogP contribution in [0.2, 0.25) is 0 Å². The van der Waals surface area contributed by atoms with Crippen LogP contribution in [-0.2, 0) is 0 Å².